The number of hydrogen-bond acceptors (Lipinski definition) is 3. The summed E-state index contributed by atoms with van der Waals surface area (Å²) >= 11 is 0. The number of carboxylic acids is 1. The van der Waals surface area contributed by atoms with Gasteiger partial charge in [0.1, 0.15) is 0 Å². The van der Waals surface area contributed by atoms with E-state index in [2.05, 4.69) is 5.32 Å². The summed E-state index contributed by atoms with van der Waals surface area (Å²) < 4.78 is 0. The van der Waals surface area contributed by atoms with Gasteiger partial charge in [-0.3, -0.25) is 4.79 Å². The lowest BCUT2D eigenvalue weighted by molar-refractivity contribution is -0.133. The Labute approximate surface area is 82.0 Å². The second-order valence-corrected chi connectivity index (χ2v) is 3.45. The summed E-state index contributed by atoms with van der Waals surface area (Å²) in [5, 5.41) is 11.4. The fourth-order valence-electron chi connectivity index (χ4n) is 1.53. The number of nitrogens with two attached hydrogens (primary N) is 1. The molecule has 14 heavy (non-hydrogen) atoms. The first-order chi connectivity index (χ1) is 6.50. The predicted octanol–water partition coefficient (Wildman–Crippen LogP) is -0.377. The molecule has 0 radical (unpaired) electrons. The van der Waals surface area contributed by atoms with E-state index in [1.165, 1.54) is 6.92 Å². The number of carbonyl (C=O) groups excluding carboxylic acids is 1. The van der Waals surface area contributed by atoms with E-state index >= 15 is 0 Å². The molecular weight excluding hydrogens is 184 g/mol. The Hall–Kier alpha value is -1.36. The molecule has 1 aliphatic carbocycles. The Morgan fingerprint density at radius 3 is 2.71 bits per heavy atom. The van der Waals surface area contributed by atoms with Crippen LogP contribution in [0.4, 0.5) is 0 Å². The van der Waals surface area contributed by atoms with Gasteiger partial charge in [0.05, 0.1) is 0 Å². The molecule has 4 N–H and O–H groups in total. The van der Waals surface area contributed by atoms with E-state index < -0.39 is 5.97 Å². The van der Waals surface area contributed by atoms with Crippen LogP contribution < -0.4 is 11.1 Å². The van der Waals surface area contributed by atoms with E-state index in [1.807, 2.05) is 0 Å². The molecule has 0 aliphatic heterocycles. The molecule has 0 saturated carbocycles. The summed E-state index contributed by atoms with van der Waals surface area (Å²) in [5.74, 6) is -1.07. The van der Waals surface area contributed by atoms with Gasteiger partial charge in [-0.05, 0) is 12.8 Å². The van der Waals surface area contributed by atoms with Crippen LogP contribution in [0.15, 0.2) is 11.6 Å². The Morgan fingerprint density at radius 2 is 2.29 bits per heavy atom. The largest absolute Gasteiger partial charge is 0.478 e. The highest BCUT2D eigenvalue weighted by atomic mass is 16.4. The van der Waals surface area contributed by atoms with Gasteiger partial charge in [0.15, 0.2) is 0 Å². The highest BCUT2D eigenvalue weighted by molar-refractivity contribution is 5.87. The molecule has 0 aromatic rings. The van der Waals surface area contributed by atoms with Crippen molar-refractivity contribution in [3.05, 3.63) is 11.6 Å². The Morgan fingerprint density at radius 1 is 1.64 bits per heavy atom. The molecule has 0 bridgehead atoms. The molecule has 5 nitrogen and oxygen atoms in total. The molecule has 1 aliphatic rings. The lowest BCUT2D eigenvalue weighted by Crippen LogP contribution is -2.48. The van der Waals surface area contributed by atoms with Gasteiger partial charge in [-0.15, -0.1) is 0 Å². The van der Waals surface area contributed by atoms with Gasteiger partial charge in [0.25, 0.3) is 0 Å². The summed E-state index contributed by atoms with van der Waals surface area (Å²) in [6, 6.07) is -0.453. The van der Waals surface area contributed by atoms with Crippen molar-refractivity contribution in [3.63, 3.8) is 0 Å². The lowest BCUT2D eigenvalue weighted by Gasteiger charge is -2.27. The van der Waals surface area contributed by atoms with Gasteiger partial charge in [-0.25, -0.2) is 4.79 Å². The number of amides is 1. The maximum absolute atomic E-state index is 10.8. The van der Waals surface area contributed by atoms with Crippen LogP contribution in [0.25, 0.3) is 0 Å². The van der Waals surface area contributed by atoms with Crippen molar-refractivity contribution >= 4 is 11.9 Å². The third-order valence-electron chi connectivity index (χ3n) is 2.25. The van der Waals surface area contributed by atoms with Gasteiger partial charge >= 0.3 is 5.97 Å². The number of aliphatic carboxylic acids is 1. The number of hydrogen-bond donors (Lipinski definition) is 3. The highest BCUT2D eigenvalue weighted by Crippen LogP contribution is 2.17. The van der Waals surface area contributed by atoms with Gasteiger partial charge in [0.2, 0.25) is 5.91 Å². The number of carbonyl (C=O) groups is 2. The smallest absolute Gasteiger partial charge is 0.331 e. The van der Waals surface area contributed by atoms with Crippen LogP contribution in [0.2, 0.25) is 0 Å². The van der Waals surface area contributed by atoms with Crippen LogP contribution in [0.1, 0.15) is 19.8 Å². The van der Waals surface area contributed by atoms with Gasteiger partial charge in [-0.1, -0.05) is 6.08 Å². The molecule has 0 aromatic carbocycles. The molecule has 0 aromatic heterocycles. The van der Waals surface area contributed by atoms with Crippen LogP contribution in [0.5, 0.6) is 0 Å². The van der Waals surface area contributed by atoms with Crippen molar-refractivity contribution in [2.75, 3.05) is 0 Å². The first-order valence-corrected chi connectivity index (χ1v) is 4.45. The Balaban J connectivity index is 2.62. The van der Waals surface area contributed by atoms with E-state index in [-0.39, 0.29) is 18.0 Å². The molecule has 0 heterocycles. The SMILES string of the molecule is CC(=O)N[C@H]1CC=C(C(=O)O)C[C@@H]1N. The van der Waals surface area contributed by atoms with Crippen LogP contribution >= 0.6 is 0 Å². The molecule has 0 unspecified atom stereocenters. The van der Waals surface area contributed by atoms with E-state index in [0.29, 0.717) is 18.4 Å². The minimum absolute atomic E-state index is 0.141. The first-order valence-electron chi connectivity index (χ1n) is 4.45. The first kappa shape index (κ1) is 10.7. The van der Waals surface area contributed by atoms with Crippen LogP contribution in [-0.2, 0) is 9.59 Å². The zero-order valence-corrected chi connectivity index (χ0v) is 7.99. The van der Waals surface area contributed by atoms with Crippen molar-refractivity contribution in [3.8, 4) is 0 Å². The van der Waals surface area contributed by atoms with Crippen LogP contribution in [0.3, 0.4) is 0 Å². The molecule has 0 spiro atoms. The summed E-state index contributed by atoms with van der Waals surface area (Å²) in [4.78, 5) is 21.4. The second-order valence-electron chi connectivity index (χ2n) is 3.45. The maximum atomic E-state index is 10.8. The molecule has 0 saturated heterocycles. The van der Waals surface area contributed by atoms with E-state index in [1.54, 1.807) is 6.08 Å². The van der Waals surface area contributed by atoms with E-state index in [0.717, 1.165) is 0 Å². The fraction of sp³-hybridized carbons (Fsp3) is 0.556. The minimum atomic E-state index is -0.929. The minimum Gasteiger partial charge on any atom is -0.478 e. The predicted molar refractivity (Wildman–Crippen MR) is 50.5 cm³/mol. The molecule has 2 atom stereocenters. The lowest BCUT2D eigenvalue weighted by atomic mass is 9.91. The van der Waals surface area contributed by atoms with Crippen molar-refractivity contribution in [2.45, 2.75) is 31.8 Å². The topological polar surface area (TPSA) is 92.4 Å². The van der Waals surface area contributed by atoms with Gasteiger partial charge in [0, 0.05) is 24.6 Å². The fourth-order valence-corrected chi connectivity index (χ4v) is 1.53. The monoisotopic (exact) mass is 198 g/mol. The summed E-state index contributed by atoms with van der Waals surface area (Å²) in [6.07, 6.45) is 2.41. The molecule has 78 valence electrons. The zero-order valence-electron chi connectivity index (χ0n) is 7.99. The third-order valence-corrected chi connectivity index (χ3v) is 2.25. The number of nitrogens with one attached hydrogen (secondary N) is 1. The third kappa shape index (κ3) is 2.56. The van der Waals surface area contributed by atoms with Gasteiger partial charge in [-0.2, -0.15) is 0 Å². The van der Waals surface area contributed by atoms with Crippen molar-refractivity contribution in [2.24, 2.45) is 5.73 Å². The normalized spacial score (nSPS) is 26.6. The molecule has 1 rings (SSSR count). The standard InChI is InChI=1S/C9H14N2O3/c1-5(12)11-8-3-2-6(9(13)14)4-7(8)10/h2,7-8H,3-4,10H2,1H3,(H,11,12)(H,13,14)/t7-,8-/m0/s1. The summed E-state index contributed by atoms with van der Waals surface area (Å²) in [6.45, 7) is 1.42. The zero-order chi connectivity index (χ0) is 10.7. The molecule has 5 heteroatoms. The number of rotatable bonds is 2. The van der Waals surface area contributed by atoms with E-state index in [4.69, 9.17) is 10.8 Å². The highest BCUT2D eigenvalue weighted by Gasteiger charge is 2.25. The quantitative estimate of drug-likeness (QED) is 0.564. The van der Waals surface area contributed by atoms with Crippen LogP contribution in [-0.4, -0.2) is 29.1 Å². The van der Waals surface area contributed by atoms with E-state index in [9.17, 15) is 9.59 Å². The summed E-state index contributed by atoms with van der Waals surface area (Å²) in [5.41, 5.74) is 6.07. The second kappa shape index (κ2) is 4.23. The molecular formula is C9H14N2O3. The van der Waals surface area contributed by atoms with Crippen molar-refractivity contribution in [1.82, 2.24) is 5.32 Å². The van der Waals surface area contributed by atoms with Crippen molar-refractivity contribution in [1.29, 1.82) is 0 Å². The number of carboxylic acid groups (broad SMARTS) is 1. The average Bonchev–Trinajstić information content (AvgIpc) is 2.07. The van der Waals surface area contributed by atoms with Crippen LogP contribution in [0, 0.1) is 0 Å². The summed E-state index contributed by atoms with van der Waals surface area (Å²) in [7, 11) is 0. The Bertz CT molecular complexity index is 286. The van der Waals surface area contributed by atoms with Crippen molar-refractivity contribution < 1.29 is 14.7 Å². The average molecular weight is 198 g/mol. The molecule has 1 amide bonds. The molecule has 0 fully saturated rings. The maximum Gasteiger partial charge on any atom is 0.331 e. The Kier molecular flexibility index (Phi) is 3.24. The van der Waals surface area contributed by atoms with Gasteiger partial charge < -0.3 is 16.2 Å².